The van der Waals surface area contributed by atoms with E-state index in [1.807, 2.05) is 0 Å². The Balaban J connectivity index is 2.23. The summed E-state index contributed by atoms with van der Waals surface area (Å²) >= 11 is 0. The highest BCUT2D eigenvalue weighted by Crippen LogP contribution is 2.15. The standard InChI is InChI=1S/C13H24N2O5/c1-19-8-4-11(14)13(18)15-6-2-10(3-7-15)20-9-5-12(16)17/h10-11H,2-9,14H2,1H3,(H,16,17). The van der Waals surface area contributed by atoms with Gasteiger partial charge in [0.1, 0.15) is 0 Å². The average Bonchev–Trinajstić information content (AvgIpc) is 2.44. The number of carboxylic acid groups (broad SMARTS) is 1. The van der Waals surface area contributed by atoms with Crippen molar-refractivity contribution in [2.24, 2.45) is 5.73 Å². The Kier molecular flexibility index (Phi) is 7.50. The molecule has 0 aromatic rings. The molecule has 0 aliphatic carbocycles. The summed E-state index contributed by atoms with van der Waals surface area (Å²) in [5, 5.41) is 8.53. The van der Waals surface area contributed by atoms with E-state index in [4.69, 9.17) is 20.3 Å². The van der Waals surface area contributed by atoms with Gasteiger partial charge in [-0.25, -0.2) is 0 Å². The Labute approximate surface area is 119 Å². The van der Waals surface area contributed by atoms with Gasteiger partial charge in [0.15, 0.2) is 0 Å². The number of hydrogen-bond acceptors (Lipinski definition) is 5. The molecule has 1 aliphatic heterocycles. The fraction of sp³-hybridized carbons (Fsp3) is 0.846. The number of nitrogens with two attached hydrogens (primary N) is 1. The highest BCUT2D eigenvalue weighted by atomic mass is 16.5. The van der Waals surface area contributed by atoms with E-state index in [0.29, 0.717) is 26.1 Å². The van der Waals surface area contributed by atoms with Gasteiger partial charge in [0.25, 0.3) is 0 Å². The van der Waals surface area contributed by atoms with Crippen molar-refractivity contribution >= 4 is 11.9 Å². The molecule has 1 amide bonds. The van der Waals surface area contributed by atoms with Crippen molar-refractivity contribution in [3.05, 3.63) is 0 Å². The predicted octanol–water partition coefficient (Wildman–Crippen LogP) is -0.167. The number of hydrogen-bond donors (Lipinski definition) is 2. The second-order valence-electron chi connectivity index (χ2n) is 4.93. The number of methoxy groups -OCH3 is 1. The summed E-state index contributed by atoms with van der Waals surface area (Å²) in [6.45, 7) is 1.91. The van der Waals surface area contributed by atoms with Crippen LogP contribution in [0.15, 0.2) is 0 Å². The summed E-state index contributed by atoms with van der Waals surface area (Å²) in [6.07, 6.45) is 2.02. The van der Waals surface area contributed by atoms with E-state index in [-0.39, 0.29) is 25.0 Å². The third-order valence-electron chi connectivity index (χ3n) is 3.37. The fourth-order valence-corrected chi connectivity index (χ4v) is 2.16. The van der Waals surface area contributed by atoms with Crippen molar-refractivity contribution in [2.75, 3.05) is 33.4 Å². The maximum atomic E-state index is 12.0. The number of carbonyl (C=O) groups excluding carboxylic acids is 1. The van der Waals surface area contributed by atoms with E-state index in [1.54, 1.807) is 12.0 Å². The molecule has 1 aliphatic rings. The number of likely N-dealkylation sites (tertiary alicyclic amines) is 1. The molecule has 0 aromatic carbocycles. The quantitative estimate of drug-likeness (QED) is 0.643. The lowest BCUT2D eigenvalue weighted by atomic mass is 10.1. The summed E-state index contributed by atoms with van der Waals surface area (Å²) in [6, 6.07) is -0.514. The third-order valence-corrected chi connectivity index (χ3v) is 3.37. The molecule has 0 spiro atoms. The molecule has 3 N–H and O–H groups in total. The summed E-state index contributed by atoms with van der Waals surface area (Å²) < 4.78 is 10.4. The summed E-state index contributed by atoms with van der Waals surface area (Å²) in [5.41, 5.74) is 5.81. The van der Waals surface area contributed by atoms with E-state index in [0.717, 1.165) is 12.8 Å². The van der Waals surface area contributed by atoms with Gasteiger partial charge in [0.05, 0.1) is 25.2 Å². The van der Waals surface area contributed by atoms with Crippen molar-refractivity contribution in [1.82, 2.24) is 4.90 Å². The Bertz CT molecular complexity index is 316. The van der Waals surface area contributed by atoms with Gasteiger partial charge in [0.2, 0.25) is 5.91 Å². The van der Waals surface area contributed by atoms with Crippen molar-refractivity contribution in [2.45, 2.75) is 37.8 Å². The van der Waals surface area contributed by atoms with E-state index >= 15 is 0 Å². The van der Waals surface area contributed by atoms with Gasteiger partial charge in [-0.3, -0.25) is 9.59 Å². The second-order valence-corrected chi connectivity index (χ2v) is 4.93. The monoisotopic (exact) mass is 288 g/mol. The molecule has 1 saturated heterocycles. The molecule has 1 rings (SSSR count). The Hall–Kier alpha value is -1.18. The molecular formula is C13H24N2O5. The number of rotatable bonds is 8. The number of aliphatic carboxylic acids is 1. The Morgan fingerprint density at radius 3 is 2.55 bits per heavy atom. The van der Waals surface area contributed by atoms with Crippen LogP contribution in [0.5, 0.6) is 0 Å². The first kappa shape index (κ1) is 16.9. The van der Waals surface area contributed by atoms with E-state index in [1.165, 1.54) is 0 Å². The predicted molar refractivity (Wildman–Crippen MR) is 72.3 cm³/mol. The molecule has 0 radical (unpaired) electrons. The minimum Gasteiger partial charge on any atom is -0.481 e. The molecule has 20 heavy (non-hydrogen) atoms. The maximum Gasteiger partial charge on any atom is 0.305 e. The lowest BCUT2D eigenvalue weighted by Gasteiger charge is -2.33. The van der Waals surface area contributed by atoms with Crippen molar-refractivity contribution < 1.29 is 24.2 Å². The number of amides is 1. The molecule has 1 fully saturated rings. The molecular weight excluding hydrogens is 264 g/mol. The van der Waals surface area contributed by atoms with Crippen LogP contribution >= 0.6 is 0 Å². The number of nitrogens with zero attached hydrogens (tertiary/aromatic N) is 1. The minimum atomic E-state index is -0.860. The highest BCUT2D eigenvalue weighted by molar-refractivity contribution is 5.81. The molecule has 0 aromatic heterocycles. The van der Waals surface area contributed by atoms with Crippen LogP contribution in [-0.2, 0) is 19.1 Å². The first-order valence-corrected chi connectivity index (χ1v) is 6.91. The van der Waals surface area contributed by atoms with E-state index in [9.17, 15) is 9.59 Å². The second kappa shape index (κ2) is 8.89. The first-order chi connectivity index (χ1) is 9.54. The topological polar surface area (TPSA) is 102 Å². The third kappa shape index (κ3) is 5.85. The molecule has 0 bridgehead atoms. The lowest BCUT2D eigenvalue weighted by molar-refractivity contribution is -0.139. The number of piperidine rings is 1. The number of ether oxygens (including phenoxy) is 2. The van der Waals surface area contributed by atoms with Crippen LogP contribution in [0.1, 0.15) is 25.7 Å². The lowest BCUT2D eigenvalue weighted by Crippen LogP contribution is -2.48. The van der Waals surface area contributed by atoms with Crippen molar-refractivity contribution in [3.8, 4) is 0 Å². The molecule has 1 heterocycles. The van der Waals surface area contributed by atoms with Gasteiger partial charge < -0.3 is 25.2 Å². The number of carbonyl (C=O) groups is 2. The van der Waals surface area contributed by atoms with E-state index in [2.05, 4.69) is 0 Å². The zero-order valence-corrected chi connectivity index (χ0v) is 11.9. The smallest absolute Gasteiger partial charge is 0.305 e. The van der Waals surface area contributed by atoms with Crippen molar-refractivity contribution in [3.63, 3.8) is 0 Å². The van der Waals surface area contributed by atoms with Crippen LogP contribution in [0.3, 0.4) is 0 Å². The van der Waals surface area contributed by atoms with E-state index < -0.39 is 12.0 Å². The van der Waals surface area contributed by atoms with Crippen LogP contribution in [0.25, 0.3) is 0 Å². The SMILES string of the molecule is COCCC(N)C(=O)N1CCC(OCCC(=O)O)CC1. The zero-order chi connectivity index (χ0) is 15.0. The zero-order valence-electron chi connectivity index (χ0n) is 11.9. The first-order valence-electron chi connectivity index (χ1n) is 6.91. The van der Waals surface area contributed by atoms with Gasteiger partial charge in [-0.05, 0) is 19.3 Å². The van der Waals surface area contributed by atoms with Crippen LogP contribution < -0.4 is 5.73 Å². The van der Waals surface area contributed by atoms with Gasteiger partial charge in [0, 0.05) is 26.8 Å². The fourth-order valence-electron chi connectivity index (χ4n) is 2.16. The van der Waals surface area contributed by atoms with Crippen molar-refractivity contribution in [1.29, 1.82) is 0 Å². The van der Waals surface area contributed by atoms with Gasteiger partial charge >= 0.3 is 5.97 Å². The molecule has 116 valence electrons. The summed E-state index contributed by atoms with van der Waals surface area (Å²) in [4.78, 5) is 24.2. The minimum absolute atomic E-state index is 0.0149. The summed E-state index contributed by atoms with van der Waals surface area (Å²) in [7, 11) is 1.58. The van der Waals surface area contributed by atoms with Gasteiger partial charge in [-0.1, -0.05) is 0 Å². The normalized spacial score (nSPS) is 18.0. The van der Waals surface area contributed by atoms with Gasteiger partial charge in [-0.15, -0.1) is 0 Å². The Morgan fingerprint density at radius 1 is 1.35 bits per heavy atom. The van der Waals surface area contributed by atoms with Crippen LogP contribution in [0.2, 0.25) is 0 Å². The Morgan fingerprint density at radius 2 is 2.00 bits per heavy atom. The van der Waals surface area contributed by atoms with Crippen LogP contribution in [0, 0.1) is 0 Å². The average molecular weight is 288 g/mol. The maximum absolute atomic E-state index is 12.0. The molecule has 0 saturated carbocycles. The summed E-state index contributed by atoms with van der Waals surface area (Å²) in [5.74, 6) is -0.909. The van der Waals surface area contributed by atoms with Crippen LogP contribution in [0.4, 0.5) is 0 Å². The molecule has 1 atom stereocenters. The number of carboxylic acids is 1. The molecule has 7 nitrogen and oxygen atoms in total. The molecule has 1 unspecified atom stereocenters. The van der Waals surface area contributed by atoms with Gasteiger partial charge in [-0.2, -0.15) is 0 Å². The highest BCUT2D eigenvalue weighted by Gasteiger charge is 2.26. The van der Waals surface area contributed by atoms with Crippen LogP contribution in [-0.4, -0.2) is 67.4 Å². The largest absolute Gasteiger partial charge is 0.481 e. The molecule has 7 heteroatoms.